The van der Waals surface area contributed by atoms with E-state index in [0.717, 1.165) is 22.3 Å². The van der Waals surface area contributed by atoms with Gasteiger partial charge in [-0.1, -0.05) is 72.8 Å². The Morgan fingerprint density at radius 1 is 0.875 bits per heavy atom. The lowest BCUT2D eigenvalue weighted by molar-refractivity contribution is 0.412. The predicted molar refractivity (Wildman–Crippen MR) is 98.9 cm³/mol. The number of ether oxygens (including phenoxy) is 1. The van der Waals surface area contributed by atoms with Crippen molar-refractivity contribution in [2.75, 3.05) is 7.11 Å². The van der Waals surface area contributed by atoms with Gasteiger partial charge in [0.1, 0.15) is 10.8 Å². The highest BCUT2D eigenvalue weighted by Crippen LogP contribution is 2.35. The molecule has 0 aromatic heterocycles. The van der Waals surface area contributed by atoms with Crippen molar-refractivity contribution < 1.29 is 9.13 Å². The van der Waals surface area contributed by atoms with Gasteiger partial charge < -0.3 is 4.74 Å². The molecular weight excluding hydrogens is 323 g/mol. The molecule has 24 heavy (non-hydrogen) atoms. The Morgan fingerprint density at radius 2 is 1.42 bits per heavy atom. The first-order valence-electron chi connectivity index (χ1n) is 7.49. The van der Waals surface area contributed by atoms with E-state index in [9.17, 15) is 4.39 Å². The van der Waals surface area contributed by atoms with Crippen LogP contribution < -0.4 is 4.74 Å². The van der Waals surface area contributed by atoms with Crippen molar-refractivity contribution in [3.05, 3.63) is 83.6 Å². The third kappa shape index (κ3) is 3.06. The minimum atomic E-state index is -0.473. The van der Waals surface area contributed by atoms with Gasteiger partial charge in [-0.25, -0.2) is 4.39 Å². The van der Waals surface area contributed by atoms with Crippen LogP contribution in [0.2, 0.25) is 5.02 Å². The Hall–Kier alpha value is -2.58. The normalized spacial score (nSPS) is 10.5. The molecule has 0 atom stereocenters. The van der Waals surface area contributed by atoms with E-state index in [2.05, 4.69) is 6.58 Å². The summed E-state index contributed by atoms with van der Waals surface area (Å²) in [6, 6.07) is 19.2. The van der Waals surface area contributed by atoms with E-state index in [-0.39, 0.29) is 5.02 Å². The van der Waals surface area contributed by atoms with Crippen molar-refractivity contribution in [3.8, 4) is 28.0 Å². The zero-order chi connectivity index (χ0) is 17.1. The summed E-state index contributed by atoms with van der Waals surface area (Å²) in [7, 11) is 1.47. The smallest absolute Gasteiger partial charge is 0.153 e. The van der Waals surface area contributed by atoms with Crippen molar-refractivity contribution in [1.29, 1.82) is 0 Å². The predicted octanol–water partition coefficient (Wildman–Crippen LogP) is 6.46. The van der Waals surface area contributed by atoms with E-state index in [1.165, 1.54) is 7.11 Å². The molecule has 120 valence electrons. The van der Waals surface area contributed by atoms with Crippen LogP contribution >= 0.6 is 11.6 Å². The van der Waals surface area contributed by atoms with Gasteiger partial charge in [-0.3, -0.25) is 0 Å². The molecular formula is C21H16ClFO. The SMILES string of the molecule is C=Cc1ccc(-c2ccc(-c3ccc(OC)c(Cl)c3F)cc2)cc1. The largest absolute Gasteiger partial charge is 0.495 e. The molecule has 3 rings (SSSR count). The van der Waals surface area contributed by atoms with Gasteiger partial charge in [-0.15, -0.1) is 0 Å². The van der Waals surface area contributed by atoms with Crippen LogP contribution in [0.1, 0.15) is 5.56 Å². The van der Waals surface area contributed by atoms with Gasteiger partial charge in [0.05, 0.1) is 7.11 Å². The maximum Gasteiger partial charge on any atom is 0.153 e. The molecule has 3 aromatic rings. The van der Waals surface area contributed by atoms with Crippen molar-refractivity contribution in [3.63, 3.8) is 0 Å². The molecule has 0 aliphatic carbocycles. The Morgan fingerprint density at radius 3 is 1.96 bits per heavy atom. The maximum atomic E-state index is 14.4. The van der Waals surface area contributed by atoms with Crippen molar-refractivity contribution in [2.45, 2.75) is 0 Å². The monoisotopic (exact) mass is 338 g/mol. The first-order chi connectivity index (χ1) is 11.6. The van der Waals surface area contributed by atoms with E-state index in [1.807, 2.05) is 54.6 Å². The Bertz CT molecular complexity index is 868. The van der Waals surface area contributed by atoms with Gasteiger partial charge in [0, 0.05) is 5.56 Å². The standard InChI is InChI=1S/C21H16ClFO/c1-3-14-4-6-15(7-5-14)16-8-10-17(11-9-16)18-12-13-19(24-2)20(22)21(18)23/h3-13H,1H2,2H3. The molecule has 0 aliphatic rings. The first kappa shape index (κ1) is 16.3. The van der Waals surface area contributed by atoms with Crippen LogP contribution in [-0.4, -0.2) is 7.11 Å². The fourth-order valence-electron chi connectivity index (χ4n) is 2.57. The van der Waals surface area contributed by atoms with E-state index in [1.54, 1.807) is 12.1 Å². The van der Waals surface area contributed by atoms with E-state index >= 15 is 0 Å². The van der Waals surface area contributed by atoms with Gasteiger partial charge in [-0.05, 0) is 34.4 Å². The van der Waals surface area contributed by atoms with Crippen LogP contribution in [0, 0.1) is 5.82 Å². The van der Waals surface area contributed by atoms with Crippen molar-refractivity contribution in [1.82, 2.24) is 0 Å². The minimum Gasteiger partial charge on any atom is -0.495 e. The van der Waals surface area contributed by atoms with Gasteiger partial charge >= 0.3 is 0 Å². The van der Waals surface area contributed by atoms with Gasteiger partial charge in [0.2, 0.25) is 0 Å². The Labute approximate surface area is 146 Å². The zero-order valence-corrected chi connectivity index (χ0v) is 14.0. The molecule has 0 radical (unpaired) electrons. The van der Waals surface area contributed by atoms with E-state index in [4.69, 9.17) is 16.3 Å². The molecule has 0 heterocycles. The topological polar surface area (TPSA) is 9.23 Å². The highest BCUT2D eigenvalue weighted by atomic mass is 35.5. The molecule has 0 aliphatic heterocycles. The summed E-state index contributed by atoms with van der Waals surface area (Å²) in [5.74, 6) is -0.143. The molecule has 0 bridgehead atoms. The Kier molecular flexibility index (Phi) is 4.68. The molecule has 3 heteroatoms. The van der Waals surface area contributed by atoms with E-state index < -0.39 is 5.82 Å². The highest BCUT2D eigenvalue weighted by Gasteiger charge is 2.13. The summed E-state index contributed by atoms with van der Waals surface area (Å²) in [4.78, 5) is 0. The van der Waals surface area contributed by atoms with Crippen LogP contribution in [0.5, 0.6) is 5.75 Å². The average molecular weight is 339 g/mol. The second-order valence-corrected chi connectivity index (χ2v) is 5.72. The Balaban J connectivity index is 1.94. The molecule has 0 unspecified atom stereocenters. The highest BCUT2D eigenvalue weighted by molar-refractivity contribution is 6.32. The second-order valence-electron chi connectivity index (χ2n) is 5.35. The molecule has 0 saturated heterocycles. The molecule has 1 nitrogen and oxygen atoms in total. The minimum absolute atomic E-state index is 0.000842. The van der Waals surface area contributed by atoms with Crippen LogP contribution in [0.15, 0.2) is 67.2 Å². The molecule has 0 spiro atoms. The third-order valence-corrected chi connectivity index (χ3v) is 4.29. The molecule has 0 N–H and O–H groups in total. The molecule has 0 amide bonds. The second kappa shape index (κ2) is 6.90. The number of halogens is 2. The van der Waals surface area contributed by atoms with Crippen LogP contribution in [0.4, 0.5) is 4.39 Å². The van der Waals surface area contributed by atoms with Crippen LogP contribution in [0.25, 0.3) is 28.3 Å². The lowest BCUT2D eigenvalue weighted by Gasteiger charge is -2.10. The van der Waals surface area contributed by atoms with Crippen LogP contribution in [-0.2, 0) is 0 Å². The molecule has 0 fully saturated rings. The quantitative estimate of drug-likeness (QED) is 0.530. The van der Waals surface area contributed by atoms with Crippen molar-refractivity contribution in [2.24, 2.45) is 0 Å². The van der Waals surface area contributed by atoms with Gasteiger partial charge in [0.15, 0.2) is 5.82 Å². The van der Waals surface area contributed by atoms with Gasteiger partial charge in [-0.2, -0.15) is 0 Å². The van der Waals surface area contributed by atoms with Gasteiger partial charge in [0.25, 0.3) is 0 Å². The maximum absolute atomic E-state index is 14.4. The number of hydrogen-bond acceptors (Lipinski definition) is 1. The molecule has 0 saturated carbocycles. The summed E-state index contributed by atoms with van der Waals surface area (Å²) in [6.45, 7) is 3.75. The summed E-state index contributed by atoms with van der Waals surface area (Å²) < 4.78 is 19.5. The fraction of sp³-hybridized carbons (Fsp3) is 0.0476. The molecule has 3 aromatic carbocycles. The van der Waals surface area contributed by atoms with E-state index in [0.29, 0.717) is 11.3 Å². The number of methoxy groups -OCH3 is 1. The summed E-state index contributed by atoms with van der Waals surface area (Å²) >= 11 is 6.00. The third-order valence-electron chi connectivity index (χ3n) is 3.94. The van der Waals surface area contributed by atoms with Crippen molar-refractivity contribution >= 4 is 17.7 Å². The number of hydrogen-bond donors (Lipinski definition) is 0. The fourth-order valence-corrected chi connectivity index (χ4v) is 2.81. The first-order valence-corrected chi connectivity index (χ1v) is 7.87. The summed E-state index contributed by atoms with van der Waals surface area (Å²) in [6.07, 6.45) is 1.81. The lowest BCUT2D eigenvalue weighted by atomic mass is 9.99. The number of rotatable bonds is 4. The van der Waals surface area contributed by atoms with Crippen LogP contribution in [0.3, 0.4) is 0 Å². The zero-order valence-electron chi connectivity index (χ0n) is 13.2. The lowest BCUT2D eigenvalue weighted by Crippen LogP contribution is -1.91. The average Bonchev–Trinajstić information content (AvgIpc) is 2.64. The summed E-state index contributed by atoms with van der Waals surface area (Å²) in [5.41, 5.74) is 4.46. The summed E-state index contributed by atoms with van der Waals surface area (Å²) in [5, 5.41) is -0.000842. The number of benzene rings is 3.